The molecule has 1 amide bonds. The molecule has 0 aliphatic heterocycles. The van der Waals surface area contributed by atoms with Crippen molar-refractivity contribution in [3.05, 3.63) is 66.3 Å². The number of furan rings is 2. The zero-order valence-electron chi connectivity index (χ0n) is 12.5. The van der Waals surface area contributed by atoms with Crippen LogP contribution in [0.5, 0.6) is 0 Å². The average molecular weight is 295 g/mol. The van der Waals surface area contributed by atoms with Crippen LogP contribution in [-0.2, 0) is 4.79 Å². The summed E-state index contributed by atoms with van der Waals surface area (Å²) in [6.45, 7) is 1.94. The van der Waals surface area contributed by atoms with Crippen LogP contribution in [0.3, 0.4) is 0 Å². The van der Waals surface area contributed by atoms with Gasteiger partial charge in [-0.2, -0.15) is 0 Å². The second-order valence-electron chi connectivity index (χ2n) is 5.16. The van der Waals surface area contributed by atoms with Crippen LogP contribution in [0.15, 0.2) is 63.6 Å². The van der Waals surface area contributed by atoms with Gasteiger partial charge in [0.2, 0.25) is 5.91 Å². The molecule has 112 valence electrons. The van der Waals surface area contributed by atoms with Crippen LogP contribution in [0.25, 0.3) is 17.0 Å². The summed E-state index contributed by atoms with van der Waals surface area (Å²) in [5, 5.41) is 1.04. The molecule has 4 heteroatoms. The first-order chi connectivity index (χ1) is 10.6. The van der Waals surface area contributed by atoms with E-state index < -0.39 is 0 Å². The van der Waals surface area contributed by atoms with Crippen molar-refractivity contribution in [2.45, 2.75) is 13.0 Å². The quantitative estimate of drug-likeness (QED) is 0.676. The van der Waals surface area contributed by atoms with Crippen molar-refractivity contribution in [2.75, 3.05) is 7.05 Å². The SMILES string of the molecule is CC(c1cc2ccccc2o1)N(C)C(=O)C=Cc1ccco1. The van der Waals surface area contributed by atoms with Gasteiger partial charge in [-0.05, 0) is 37.3 Å². The molecule has 0 spiro atoms. The number of benzene rings is 1. The minimum atomic E-state index is -0.152. The summed E-state index contributed by atoms with van der Waals surface area (Å²) in [5.74, 6) is 1.31. The van der Waals surface area contributed by atoms with E-state index in [4.69, 9.17) is 8.83 Å². The Morgan fingerprint density at radius 1 is 1.23 bits per heavy atom. The summed E-state index contributed by atoms with van der Waals surface area (Å²) in [6.07, 6.45) is 4.73. The van der Waals surface area contributed by atoms with E-state index in [9.17, 15) is 4.79 Å². The molecule has 0 aliphatic carbocycles. The molecule has 1 unspecified atom stereocenters. The number of likely N-dealkylation sites (N-methyl/N-ethyl adjacent to an activating group) is 1. The standard InChI is InChI=1S/C18H17NO3/c1-13(17-12-14-6-3-4-8-16(14)22-17)19(2)18(20)10-9-15-7-5-11-21-15/h3-13H,1-2H3. The van der Waals surface area contributed by atoms with E-state index in [1.807, 2.05) is 37.3 Å². The van der Waals surface area contributed by atoms with Gasteiger partial charge in [-0.1, -0.05) is 18.2 Å². The Balaban J connectivity index is 1.75. The summed E-state index contributed by atoms with van der Waals surface area (Å²) in [7, 11) is 1.76. The molecule has 1 aromatic carbocycles. The minimum absolute atomic E-state index is 0.107. The Morgan fingerprint density at radius 3 is 2.77 bits per heavy atom. The van der Waals surface area contributed by atoms with Gasteiger partial charge in [0.25, 0.3) is 0 Å². The number of nitrogens with zero attached hydrogens (tertiary/aromatic N) is 1. The largest absolute Gasteiger partial charge is 0.465 e. The van der Waals surface area contributed by atoms with E-state index in [-0.39, 0.29) is 11.9 Å². The first-order valence-corrected chi connectivity index (χ1v) is 7.12. The average Bonchev–Trinajstić information content (AvgIpc) is 3.19. The van der Waals surface area contributed by atoms with Crippen LogP contribution in [0, 0.1) is 0 Å². The van der Waals surface area contributed by atoms with Crippen LogP contribution in [-0.4, -0.2) is 17.9 Å². The van der Waals surface area contributed by atoms with Crippen molar-refractivity contribution in [3.8, 4) is 0 Å². The topological polar surface area (TPSA) is 46.6 Å². The number of fused-ring (bicyclic) bond motifs is 1. The number of hydrogen-bond donors (Lipinski definition) is 0. The number of amides is 1. The molecule has 0 bridgehead atoms. The van der Waals surface area contributed by atoms with Crippen molar-refractivity contribution < 1.29 is 13.6 Å². The van der Waals surface area contributed by atoms with Gasteiger partial charge in [0.05, 0.1) is 12.3 Å². The lowest BCUT2D eigenvalue weighted by Gasteiger charge is -2.21. The third-order valence-electron chi connectivity index (χ3n) is 3.72. The number of hydrogen-bond acceptors (Lipinski definition) is 3. The second kappa shape index (κ2) is 5.93. The molecule has 0 saturated heterocycles. The fourth-order valence-electron chi connectivity index (χ4n) is 2.25. The maximum Gasteiger partial charge on any atom is 0.247 e. The first kappa shape index (κ1) is 14.2. The minimum Gasteiger partial charge on any atom is -0.465 e. The number of carbonyl (C=O) groups excluding carboxylic acids is 1. The van der Waals surface area contributed by atoms with Gasteiger partial charge in [-0.15, -0.1) is 0 Å². The summed E-state index contributed by atoms with van der Waals surface area (Å²) in [5.41, 5.74) is 0.830. The molecule has 2 aromatic heterocycles. The lowest BCUT2D eigenvalue weighted by Crippen LogP contribution is -2.27. The summed E-state index contributed by atoms with van der Waals surface area (Å²) in [4.78, 5) is 13.9. The fraction of sp³-hybridized carbons (Fsp3) is 0.167. The van der Waals surface area contributed by atoms with Crippen LogP contribution >= 0.6 is 0 Å². The maximum absolute atomic E-state index is 12.2. The van der Waals surface area contributed by atoms with Crippen molar-refractivity contribution in [1.82, 2.24) is 4.90 Å². The Bertz CT molecular complexity index is 766. The molecule has 0 N–H and O–H groups in total. The zero-order chi connectivity index (χ0) is 15.5. The highest BCUT2D eigenvalue weighted by atomic mass is 16.3. The van der Waals surface area contributed by atoms with Gasteiger partial charge in [-0.25, -0.2) is 0 Å². The number of rotatable bonds is 4. The molecule has 3 aromatic rings. The molecule has 0 radical (unpaired) electrons. The highest BCUT2D eigenvalue weighted by molar-refractivity contribution is 5.91. The van der Waals surface area contributed by atoms with Crippen molar-refractivity contribution in [3.63, 3.8) is 0 Å². The maximum atomic E-state index is 12.2. The normalized spacial score (nSPS) is 12.8. The Labute approximate surface area is 128 Å². The van der Waals surface area contributed by atoms with Gasteiger partial charge in [0.15, 0.2) is 0 Å². The third kappa shape index (κ3) is 2.81. The second-order valence-corrected chi connectivity index (χ2v) is 5.16. The Kier molecular flexibility index (Phi) is 3.83. The van der Waals surface area contributed by atoms with E-state index in [2.05, 4.69) is 0 Å². The van der Waals surface area contributed by atoms with Crippen LogP contribution in [0.4, 0.5) is 0 Å². The van der Waals surface area contributed by atoms with Gasteiger partial charge in [-0.3, -0.25) is 4.79 Å². The lowest BCUT2D eigenvalue weighted by molar-refractivity contribution is -0.126. The van der Waals surface area contributed by atoms with Crippen LogP contribution in [0.2, 0.25) is 0 Å². The molecule has 22 heavy (non-hydrogen) atoms. The van der Waals surface area contributed by atoms with Gasteiger partial charge >= 0.3 is 0 Å². The van der Waals surface area contributed by atoms with Gasteiger partial charge in [0, 0.05) is 18.5 Å². The van der Waals surface area contributed by atoms with E-state index in [1.165, 1.54) is 6.08 Å². The highest BCUT2D eigenvalue weighted by Gasteiger charge is 2.19. The molecule has 2 heterocycles. The van der Waals surface area contributed by atoms with Crippen LogP contribution < -0.4 is 0 Å². The summed E-state index contributed by atoms with van der Waals surface area (Å²) < 4.78 is 11.0. The first-order valence-electron chi connectivity index (χ1n) is 7.12. The van der Waals surface area contributed by atoms with E-state index in [1.54, 1.807) is 36.4 Å². The van der Waals surface area contributed by atoms with Gasteiger partial charge in [0.1, 0.15) is 17.1 Å². The summed E-state index contributed by atoms with van der Waals surface area (Å²) in [6, 6.07) is 13.2. The molecule has 0 aliphatic rings. The molecule has 0 fully saturated rings. The smallest absolute Gasteiger partial charge is 0.247 e. The van der Waals surface area contributed by atoms with E-state index >= 15 is 0 Å². The summed E-state index contributed by atoms with van der Waals surface area (Å²) >= 11 is 0. The molecule has 0 saturated carbocycles. The predicted molar refractivity (Wildman–Crippen MR) is 85.1 cm³/mol. The number of para-hydroxylation sites is 1. The van der Waals surface area contributed by atoms with Gasteiger partial charge < -0.3 is 13.7 Å². The molecular formula is C18H17NO3. The van der Waals surface area contributed by atoms with E-state index in [0.29, 0.717) is 5.76 Å². The monoisotopic (exact) mass is 295 g/mol. The molecular weight excluding hydrogens is 278 g/mol. The Hall–Kier alpha value is -2.75. The Morgan fingerprint density at radius 2 is 2.05 bits per heavy atom. The zero-order valence-corrected chi connectivity index (χ0v) is 12.5. The van der Waals surface area contributed by atoms with E-state index in [0.717, 1.165) is 16.7 Å². The van der Waals surface area contributed by atoms with Crippen molar-refractivity contribution in [2.24, 2.45) is 0 Å². The predicted octanol–water partition coefficient (Wildman–Crippen LogP) is 4.26. The molecule has 4 nitrogen and oxygen atoms in total. The van der Waals surface area contributed by atoms with Crippen LogP contribution in [0.1, 0.15) is 24.5 Å². The third-order valence-corrected chi connectivity index (χ3v) is 3.72. The lowest BCUT2D eigenvalue weighted by atomic mass is 10.2. The molecule has 3 rings (SSSR count). The highest BCUT2D eigenvalue weighted by Crippen LogP contribution is 2.26. The van der Waals surface area contributed by atoms with Crippen molar-refractivity contribution >= 4 is 23.0 Å². The van der Waals surface area contributed by atoms with Crippen molar-refractivity contribution in [1.29, 1.82) is 0 Å². The molecule has 1 atom stereocenters. The number of carbonyl (C=O) groups is 1. The fourth-order valence-corrected chi connectivity index (χ4v) is 2.25.